The van der Waals surface area contributed by atoms with Crippen LogP contribution in [-0.2, 0) is 4.79 Å². The molecule has 0 spiro atoms. The Balaban J connectivity index is 2.19. The van der Waals surface area contributed by atoms with Gasteiger partial charge in [-0.1, -0.05) is 25.7 Å². The summed E-state index contributed by atoms with van der Waals surface area (Å²) in [6.45, 7) is 1.68. The second kappa shape index (κ2) is 7.90. The SMILES string of the molecule is Cc1cc(C(=O)NC2CCCCCCC2C(=O)O)cc([N+](=O)[O-])c1. The summed E-state index contributed by atoms with van der Waals surface area (Å²) in [5.41, 5.74) is 0.655. The number of carbonyl (C=O) groups excluding carboxylic acids is 1. The number of amides is 1. The maximum absolute atomic E-state index is 12.5. The van der Waals surface area contributed by atoms with Crippen molar-refractivity contribution in [3.8, 4) is 0 Å². The molecule has 2 N–H and O–H groups in total. The van der Waals surface area contributed by atoms with E-state index in [0.717, 1.165) is 25.7 Å². The summed E-state index contributed by atoms with van der Waals surface area (Å²) in [5, 5.41) is 23.2. The Kier molecular flexibility index (Phi) is 5.89. The molecule has 1 fully saturated rings. The molecule has 2 rings (SSSR count). The molecule has 0 bridgehead atoms. The maximum Gasteiger partial charge on any atom is 0.308 e. The van der Waals surface area contributed by atoms with Gasteiger partial charge in [0, 0.05) is 23.7 Å². The molecule has 1 aliphatic carbocycles. The van der Waals surface area contributed by atoms with Gasteiger partial charge in [-0.15, -0.1) is 0 Å². The van der Waals surface area contributed by atoms with Crippen LogP contribution in [0.25, 0.3) is 0 Å². The zero-order chi connectivity index (χ0) is 17.7. The minimum Gasteiger partial charge on any atom is -0.481 e. The highest BCUT2D eigenvalue weighted by Crippen LogP contribution is 2.24. The fourth-order valence-electron chi connectivity index (χ4n) is 3.20. The van der Waals surface area contributed by atoms with Crippen LogP contribution in [0.15, 0.2) is 18.2 Å². The van der Waals surface area contributed by atoms with Crippen molar-refractivity contribution in [3.63, 3.8) is 0 Å². The molecule has 0 heterocycles. The van der Waals surface area contributed by atoms with Crippen LogP contribution in [0.5, 0.6) is 0 Å². The number of non-ortho nitro benzene ring substituents is 1. The molecule has 0 aromatic heterocycles. The van der Waals surface area contributed by atoms with Crippen LogP contribution in [0.4, 0.5) is 5.69 Å². The van der Waals surface area contributed by atoms with Crippen molar-refractivity contribution >= 4 is 17.6 Å². The molecule has 24 heavy (non-hydrogen) atoms. The molecule has 1 saturated carbocycles. The Morgan fingerprint density at radius 2 is 1.83 bits per heavy atom. The Labute approximate surface area is 140 Å². The van der Waals surface area contributed by atoms with Crippen LogP contribution in [0.1, 0.15) is 54.4 Å². The second-order valence-corrected chi connectivity index (χ2v) is 6.33. The largest absolute Gasteiger partial charge is 0.481 e. The molecule has 1 aromatic carbocycles. The fourth-order valence-corrected chi connectivity index (χ4v) is 3.20. The highest BCUT2D eigenvalue weighted by Gasteiger charge is 2.30. The van der Waals surface area contributed by atoms with Crippen molar-refractivity contribution in [2.45, 2.75) is 51.5 Å². The van der Waals surface area contributed by atoms with Crippen LogP contribution in [-0.4, -0.2) is 27.9 Å². The van der Waals surface area contributed by atoms with E-state index in [2.05, 4.69) is 5.32 Å². The first-order valence-electron chi connectivity index (χ1n) is 8.18. The van der Waals surface area contributed by atoms with E-state index in [0.29, 0.717) is 18.4 Å². The van der Waals surface area contributed by atoms with Crippen LogP contribution in [0.3, 0.4) is 0 Å². The maximum atomic E-state index is 12.5. The number of carboxylic acids is 1. The number of aliphatic carboxylic acids is 1. The Hall–Kier alpha value is -2.44. The predicted molar refractivity (Wildman–Crippen MR) is 87.9 cm³/mol. The van der Waals surface area contributed by atoms with E-state index in [-0.39, 0.29) is 11.3 Å². The molecule has 7 heteroatoms. The summed E-state index contributed by atoms with van der Waals surface area (Å²) in [4.78, 5) is 34.4. The molecule has 0 radical (unpaired) electrons. The number of rotatable bonds is 4. The summed E-state index contributed by atoms with van der Waals surface area (Å²) in [5.74, 6) is -1.98. The Bertz CT molecular complexity index is 644. The summed E-state index contributed by atoms with van der Waals surface area (Å²) in [7, 11) is 0. The lowest BCUT2D eigenvalue weighted by Gasteiger charge is -2.27. The summed E-state index contributed by atoms with van der Waals surface area (Å²) < 4.78 is 0. The Morgan fingerprint density at radius 1 is 1.17 bits per heavy atom. The number of aryl methyl sites for hydroxylation is 1. The van der Waals surface area contributed by atoms with Gasteiger partial charge < -0.3 is 10.4 Å². The van der Waals surface area contributed by atoms with Crippen molar-refractivity contribution in [2.24, 2.45) is 5.92 Å². The van der Waals surface area contributed by atoms with E-state index in [9.17, 15) is 24.8 Å². The van der Waals surface area contributed by atoms with Crippen LogP contribution >= 0.6 is 0 Å². The van der Waals surface area contributed by atoms with Crippen LogP contribution in [0, 0.1) is 23.0 Å². The van der Waals surface area contributed by atoms with Crippen molar-refractivity contribution in [1.29, 1.82) is 0 Å². The number of nitro groups is 1. The first kappa shape index (κ1) is 17.9. The van der Waals surface area contributed by atoms with E-state index in [1.807, 2.05) is 0 Å². The zero-order valence-electron chi connectivity index (χ0n) is 13.7. The summed E-state index contributed by atoms with van der Waals surface area (Å²) in [6, 6.07) is 3.74. The van der Waals surface area contributed by atoms with Gasteiger partial charge in [0.1, 0.15) is 0 Å². The first-order chi connectivity index (χ1) is 11.4. The standard InChI is InChI=1S/C17H22N2O5/c1-11-8-12(10-13(9-11)19(23)24)16(20)18-15-7-5-3-2-4-6-14(15)17(21)22/h8-10,14-15H,2-7H2,1H3,(H,18,20)(H,21,22). The lowest BCUT2D eigenvalue weighted by Crippen LogP contribution is -2.44. The number of nitrogens with zero attached hydrogens (tertiary/aromatic N) is 1. The van der Waals surface area contributed by atoms with Crippen LogP contribution < -0.4 is 5.32 Å². The van der Waals surface area contributed by atoms with Crippen LogP contribution in [0.2, 0.25) is 0 Å². The molecule has 1 amide bonds. The molecule has 7 nitrogen and oxygen atoms in total. The number of nitrogens with one attached hydrogen (secondary N) is 1. The predicted octanol–water partition coefficient (Wildman–Crippen LogP) is 3.06. The highest BCUT2D eigenvalue weighted by molar-refractivity contribution is 5.95. The third-order valence-electron chi connectivity index (χ3n) is 4.43. The average Bonchev–Trinajstić information content (AvgIpc) is 2.48. The van der Waals surface area contributed by atoms with Crippen molar-refractivity contribution in [3.05, 3.63) is 39.4 Å². The third kappa shape index (κ3) is 4.53. The number of carboxylic acid groups (broad SMARTS) is 1. The number of hydrogen-bond donors (Lipinski definition) is 2. The molecule has 1 aliphatic rings. The monoisotopic (exact) mass is 334 g/mol. The van der Waals surface area contributed by atoms with E-state index in [1.54, 1.807) is 13.0 Å². The minimum absolute atomic E-state index is 0.146. The van der Waals surface area contributed by atoms with Gasteiger partial charge in [0.2, 0.25) is 0 Å². The Morgan fingerprint density at radius 3 is 2.46 bits per heavy atom. The normalized spacial score (nSPS) is 21.4. The molecule has 0 aliphatic heterocycles. The average molecular weight is 334 g/mol. The van der Waals surface area contributed by atoms with Gasteiger partial charge in [0.05, 0.1) is 10.8 Å². The molecule has 1 aromatic rings. The van der Waals surface area contributed by atoms with Gasteiger partial charge in [0.25, 0.3) is 11.6 Å². The van der Waals surface area contributed by atoms with E-state index in [4.69, 9.17) is 0 Å². The smallest absolute Gasteiger partial charge is 0.308 e. The minimum atomic E-state index is -0.905. The first-order valence-corrected chi connectivity index (χ1v) is 8.18. The van der Waals surface area contributed by atoms with E-state index < -0.39 is 28.8 Å². The van der Waals surface area contributed by atoms with E-state index >= 15 is 0 Å². The molecular formula is C17H22N2O5. The van der Waals surface area contributed by atoms with Gasteiger partial charge in [-0.25, -0.2) is 0 Å². The number of hydrogen-bond acceptors (Lipinski definition) is 4. The van der Waals surface area contributed by atoms with Gasteiger partial charge in [0.15, 0.2) is 0 Å². The summed E-state index contributed by atoms with van der Waals surface area (Å²) >= 11 is 0. The molecular weight excluding hydrogens is 312 g/mol. The zero-order valence-corrected chi connectivity index (χ0v) is 13.7. The topological polar surface area (TPSA) is 110 Å². The van der Waals surface area contributed by atoms with Crippen molar-refractivity contribution < 1.29 is 19.6 Å². The number of nitro benzene ring substituents is 1. The van der Waals surface area contributed by atoms with Crippen molar-refractivity contribution in [1.82, 2.24) is 5.32 Å². The molecule has 0 saturated heterocycles. The summed E-state index contributed by atoms with van der Waals surface area (Å²) in [6.07, 6.45) is 4.87. The quantitative estimate of drug-likeness (QED) is 0.649. The van der Waals surface area contributed by atoms with Crippen molar-refractivity contribution in [2.75, 3.05) is 0 Å². The van der Waals surface area contributed by atoms with Gasteiger partial charge in [-0.05, 0) is 31.4 Å². The van der Waals surface area contributed by atoms with Gasteiger partial charge in [-0.2, -0.15) is 0 Å². The number of benzene rings is 1. The van der Waals surface area contributed by atoms with Gasteiger partial charge in [-0.3, -0.25) is 19.7 Å². The highest BCUT2D eigenvalue weighted by atomic mass is 16.6. The van der Waals surface area contributed by atoms with E-state index in [1.165, 1.54) is 12.1 Å². The fraction of sp³-hybridized carbons (Fsp3) is 0.529. The lowest BCUT2D eigenvalue weighted by molar-refractivity contribution is -0.384. The molecule has 2 unspecified atom stereocenters. The molecule has 130 valence electrons. The lowest BCUT2D eigenvalue weighted by atomic mass is 9.86. The van der Waals surface area contributed by atoms with Gasteiger partial charge >= 0.3 is 5.97 Å². The number of carbonyl (C=O) groups is 2. The second-order valence-electron chi connectivity index (χ2n) is 6.33. The molecule has 2 atom stereocenters. The third-order valence-corrected chi connectivity index (χ3v) is 4.43.